The molecule has 0 N–H and O–H groups in total. The topological polar surface area (TPSA) is 29.5 Å². The molecule has 0 heterocycles. The Balaban J connectivity index is 1.78. The lowest BCUT2D eigenvalue weighted by molar-refractivity contribution is -0.140. The lowest BCUT2D eigenvalue weighted by Crippen LogP contribution is -2.24. The molecule has 0 aliphatic heterocycles. The van der Waals surface area contributed by atoms with Gasteiger partial charge in [0.15, 0.2) is 0 Å². The van der Waals surface area contributed by atoms with Crippen molar-refractivity contribution in [3.63, 3.8) is 0 Å². The number of nitrogens with zero attached hydrogens (tertiary/aromatic N) is 1. The third-order valence-corrected chi connectivity index (χ3v) is 4.00. The molecule has 1 aromatic rings. The highest BCUT2D eigenvalue weighted by Gasteiger charge is 2.24. The van der Waals surface area contributed by atoms with Crippen molar-refractivity contribution < 1.29 is 9.53 Å². The van der Waals surface area contributed by atoms with E-state index in [1.807, 2.05) is 0 Å². The Bertz CT molecular complexity index is 431. The van der Waals surface area contributed by atoms with Gasteiger partial charge >= 0.3 is 5.97 Å². The van der Waals surface area contributed by atoms with E-state index in [0.717, 1.165) is 19.4 Å². The van der Waals surface area contributed by atoms with Gasteiger partial charge in [0.05, 0.1) is 7.11 Å². The second kappa shape index (κ2) is 6.71. The molecule has 3 heteroatoms. The summed E-state index contributed by atoms with van der Waals surface area (Å²) in [5, 5.41) is 0. The van der Waals surface area contributed by atoms with Crippen molar-refractivity contribution in [2.75, 3.05) is 20.7 Å². The number of fused-ring (bicyclic) bond motifs is 1. The standard InChI is InChI=1S/C16H23NO2/c1-17(12-6-5-9-16(18)19-2)15-11-10-13-7-3-4-8-14(13)15/h3-4,7-8,15H,5-6,9-12H2,1-2H3. The fourth-order valence-corrected chi connectivity index (χ4v) is 2.88. The van der Waals surface area contributed by atoms with Gasteiger partial charge in [0, 0.05) is 12.5 Å². The first-order valence-corrected chi connectivity index (χ1v) is 7.07. The first-order valence-electron chi connectivity index (χ1n) is 7.07. The molecule has 0 aromatic heterocycles. The summed E-state index contributed by atoms with van der Waals surface area (Å²) in [5.41, 5.74) is 2.98. The summed E-state index contributed by atoms with van der Waals surface area (Å²) < 4.78 is 4.65. The maximum atomic E-state index is 11.0. The molecule has 0 fully saturated rings. The number of ether oxygens (including phenoxy) is 1. The van der Waals surface area contributed by atoms with Crippen LogP contribution < -0.4 is 0 Å². The maximum absolute atomic E-state index is 11.0. The van der Waals surface area contributed by atoms with Crippen LogP contribution in [-0.4, -0.2) is 31.6 Å². The Morgan fingerprint density at radius 3 is 2.95 bits per heavy atom. The number of esters is 1. The average molecular weight is 261 g/mol. The van der Waals surface area contributed by atoms with Crippen molar-refractivity contribution in [2.24, 2.45) is 0 Å². The number of rotatable bonds is 6. The molecule has 0 radical (unpaired) electrons. The van der Waals surface area contributed by atoms with E-state index in [1.54, 1.807) is 0 Å². The van der Waals surface area contributed by atoms with Gasteiger partial charge in [0.1, 0.15) is 0 Å². The van der Waals surface area contributed by atoms with Gasteiger partial charge in [-0.2, -0.15) is 0 Å². The summed E-state index contributed by atoms with van der Waals surface area (Å²) in [6.07, 6.45) is 4.89. The molecular weight excluding hydrogens is 238 g/mol. The molecule has 1 aromatic carbocycles. The molecule has 3 nitrogen and oxygen atoms in total. The largest absolute Gasteiger partial charge is 0.469 e. The predicted molar refractivity (Wildman–Crippen MR) is 76.0 cm³/mol. The number of hydrogen-bond acceptors (Lipinski definition) is 3. The van der Waals surface area contributed by atoms with Crippen LogP contribution in [0.15, 0.2) is 24.3 Å². The van der Waals surface area contributed by atoms with Crippen molar-refractivity contribution >= 4 is 5.97 Å². The van der Waals surface area contributed by atoms with Crippen LogP contribution in [0.4, 0.5) is 0 Å². The Morgan fingerprint density at radius 2 is 2.16 bits per heavy atom. The van der Waals surface area contributed by atoms with E-state index in [1.165, 1.54) is 31.1 Å². The molecule has 0 amide bonds. The van der Waals surface area contributed by atoms with Crippen molar-refractivity contribution in [1.82, 2.24) is 4.90 Å². The van der Waals surface area contributed by atoms with Crippen LogP contribution in [0.3, 0.4) is 0 Å². The number of hydrogen-bond donors (Lipinski definition) is 0. The molecule has 0 spiro atoms. The molecule has 104 valence electrons. The quantitative estimate of drug-likeness (QED) is 0.582. The third-order valence-electron chi connectivity index (χ3n) is 4.00. The summed E-state index contributed by atoms with van der Waals surface area (Å²) in [6, 6.07) is 9.28. The van der Waals surface area contributed by atoms with E-state index < -0.39 is 0 Å². The second-order valence-corrected chi connectivity index (χ2v) is 5.27. The summed E-state index contributed by atoms with van der Waals surface area (Å²) in [5.74, 6) is -0.103. The number of benzene rings is 1. The Hall–Kier alpha value is -1.35. The first-order chi connectivity index (χ1) is 9.22. The number of carbonyl (C=O) groups excluding carboxylic acids is 1. The summed E-state index contributed by atoms with van der Waals surface area (Å²) >= 11 is 0. The average Bonchev–Trinajstić information content (AvgIpc) is 2.87. The lowest BCUT2D eigenvalue weighted by Gasteiger charge is -2.25. The van der Waals surface area contributed by atoms with E-state index in [0.29, 0.717) is 12.5 Å². The molecule has 1 atom stereocenters. The molecule has 1 unspecified atom stereocenters. The smallest absolute Gasteiger partial charge is 0.305 e. The van der Waals surface area contributed by atoms with Gasteiger partial charge in [-0.25, -0.2) is 0 Å². The minimum Gasteiger partial charge on any atom is -0.469 e. The highest BCUT2D eigenvalue weighted by molar-refractivity contribution is 5.68. The van der Waals surface area contributed by atoms with E-state index in [-0.39, 0.29) is 5.97 Å². The van der Waals surface area contributed by atoms with Crippen LogP contribution in [0.2, 0.25) is 0 Å². The molecule has 0 bridgehead atoms. The zero-order chi connectivity index (χ0) is 13.7. The number of unbranched alkanes of at least 4 members (excludes halogenated alkanes) is 1. The van der Waals surface area contributed by atoms with Crippen molar-refractivity contribution in [1.29, 1.82) is 0 Å². The molecule has 0 saturated heterocycles. The van der Waals surface area contributed by atoms with Crippen LogP contribution in [0.5, 0.6) is 0 Å². The van der Waals surface area contributed by atoms with Gasteiger partial charge in [0.2, 0.25) is 0 Å². The Labute approximate surface area is 115 Å². The van der Waals surface area contributed by atoms with Crippen molar-refractivity contribution in [2.45, 2.75) is 38.1 Å². The normalized spacial score (nSPS) is 17.5. The van der Waals surface area contributed by atoms with Gasteiger partial charge in [-0.1, -0.05) is 24.3 Å². The Morgan fingerprint density at radius 1 is 1.37 bits per heavy atom. The van der Waals surface area contributed by atoms with Crippen molar-refractivity contribution in [3.05, 3.63) is 35.4 Å². The highest BCUT2D eigenvalue weighted by atomic mass is 16.5. The number of carbonyl (C=O) groups is 1. The fourth-order valence-electron chi connectivity index (χ4n) is 2.88. The van der Waals surface area contributed by atoms with E-state index >= 15 is 0 Å². The molecule has 19 heavy (non-hydrogen) atoms. The minimum absolute atomic E-state index is 0.103. The monoisotopic (exact) mass is 261 g/mol. The molecular formula is C16H23NO2. The highest BCUT2D eigenvalue weighted by Crippen LogP contribution is 2.34. The van der Waals surface area contributed by atoms with Gasteiger partial charge in [-0.05, 0) is 50.4 Å². The third kappa shape index (κ3) is 3.57. The zero-order valence-corrected chi connectivity index (χ0v) is 11.9. The minimum atomic E-state index is -0.103. The van der Waals surface area contributed by atoms with E-state index in [2.05, 4.69) is 40.9 Å². The first kappa shape index (κ1) is 14.1. The van der Waals surface area contributed by atoms with Gasteiger partial charge in [0.25, 0.3) is 0 Å². The predicted octanol–water partition coefficient (Wildman–Crippen LogP) is 2.95. The van der Waals surface area contributed by atoms with Crippen LogP contribution >= 0.6 is 0 Å². The van der Waals surface area contributed by atoms with Crippen LogP contribution in [0.1, 0.15) is 42.9 Å². The Kier molecular flexibility index (Phi) is 4.97. The van der Waals surface area contributed by atoms with Gasteiger partial charge in [-0.15, -0.1) is 0 Å². The summed E-state index contributed by atoms with van der Waals surface area (Å²) in [7, 11) is 3.63. The zero-order valence-electron chi connectivity index (χ0n) is 11.9. The molecule has 2 rings (SSSR count). The second-order valence-electron chi connectivity index (χ2n) is 5.27. The number of methoxy groups -OCH3 is 1. The van der Waals surface area contributed by atoms with Gasteiger partial charge < -0.3 is 4.74 Å². The molecule has 1 aliphatic carbocycles. The summed E-state index contributed by atoms with van der Waals surface area (Å²) in [4.78, 5) is 13.5. The fraction of sp³-hybridized carbons (Fsp3) is 0.562. The lowest BCUT2D eigenvalue weighted by atomic mass is 10.1. The molecule has 1 aliphatic rings. The van der Waals surface area contributed by atoms with Crippen LogP contribution in [0.25, 0.3) is 0 Å². The van der Waals surface area contributed by atoms with E-state index in [4.69, 9.17) is 0 Å². The maximum Gasteiger partial charge on any atom is 0.305 e. The summed E-state index contributed by atoms with van der Waals surface area (Å²) in [6.45, 7) is 1.04. The number of aryl methyl sites for hydroxylation is 1. The van der Waals surface area contributed by atoms with E-state index in [9.17, 15) is 4.79 Å². The van der Waals surface area contributed by atoms with Crippen LogP contribution in [0, 0.1) is 0 Å². The van der Waals surface area contributed by atoms with Crippen molar-refractivity contribution in [3.8, 4) is 0 Å². The molecule has 0 saturated carbocycles. The van der Waals surface area contributed by atoms with Gasteiger partial charge in [-0.3, -0.25) is 9.69 Å². The van der Waals surface area contributed by atoms with Crippen LogP contribution in [-0.2, 0) is 16.0 Å². The SMILES string of the molecule is COC(=O)CCCCN(C)C1CCc2ccccc21.